The highest BCUT2D eigenvalue weighted by Gasteiger charge is 2.38. The lowest BCUT2D eigenvalue weighted by molar-refractivity contribution is -0.146. The van der Waals surface area contributed by atoms with E-state index in [4.69, 9.17) is 0 Å². The Bertz CT molecular complexity index is 1090. The highest BCUT2D eigenvalue weighted by Crippen LogP contribution is 2.29. The van der Waals surface area contributed by atoms with Gasteiger partial charge >= 0.3 is 6.18 Å². The molecular weight excluding hydrogens is 421 g/mol. The van der Waals surface area contributed by atoms with E-state index >= 15 is 0 Å². The second kappa shape index (κ2) is 8.76. The van der Waals surface area contributed by atoms with Crippen LogP contribution in [-0.2, 0) is 11.0 Å². The summed E-state index contributed by atoms with van der Waals surface area (Å²) in [5.74, 6) is -0.869. The summed E-state index contributed by atoms with van der Waals surface area (Å²) in [6.45, 7) is 5.12. The Kier molecular flexibility index (Phi) is 6.03. The second-order valence-corrected chi connectivity index (χ2v) is 8.12. The Morgan fingerprint density at radius 2 is 1.81 bits per heavy atom. The van der Waals surface area contributed by atoms with Gasteiger partial charge in [0.2, 0.25) is 5.91 Å². The number of anilines is 1. The van der Waals surface area contributed by atoms with Crippen molar-refractivity contribution in [1.82, 2.24) is 25.1 Å². The summed E-state index contributed by atoms with van der Waals surface area (Å²) in [4.78, 5) is 14.7. The summed E-state index contributed by atoms with van der Waals surface area (Å²) in [5, 5.41) is 14.0. The molecule has 7 nitrogen and oxygen atoms in total. The van der Waals surface area contributed by atoms with E-state index in [-0.39, 0.29) is 23.5 Å². The van der Waals surface area contributed by atoms with Gasteiger partial charge in [0.05, 0.1) is 6.04 Å². The van der Waals surface area contributed by atoms with Gasteiger partial charge in [-0.2, -0.15) is 17.7 Å². The summed E-state index contributed by atoms with van der Waals surface area (Å²) in [6.07, 6.45) is -2.64. The summed E-state index contributed by atoms with van der Waals surface area (Å²) in [5.41, 5.74) is 2.29. The van der Waals surface area contributed by atoms with Crippen molar-refractivity contribution in [3.05, 3.63) is 53.3 Å². The number of nitrogens with one attached hydrogen (secondary N) is 1. The van der Waals surface area contributed by atoms with E-state index in [9.17, 15) is 18.0 Å². The van der Waals surface area contributed by atoms with Gasteiger partial charge in [0, 0.05) is 19.0 Å². The molecule has 0 bridgehead atoms. The van der Waals surface area contributed by atoms with E-state index in [1.165, 1.54) is 11.6 Å². The van der Waals surface area contributed by atoms with Crippen molar-refractivity contribution in [3.63, 3.8) is 0 Å². The number of aryl methyl sites for hydroxylation is 1. The molecule has 3 heterocycles. The first-order valence-electron chi connectivity index (χ1n) is 10.7. The third-order valence-electron chi connectivity index (χ3n) is 5.90. The van der Waals surface area contributed by atoms with Crippen molar-refractivity contribution in [2.45, 2.75) is 45.3 Å². The number of carbonyl (C=O) groups is 1. The molecule has 0 radical (unpaired) electrons. The zero-order valence-corrected chi connectivity index (χ0v) is 17.9. The summed E-state index contributed by atoms with van der Waals surface area (Å²) >= 11 is 0. The molecule has 1 atom stereocenters. The van der Waals surface area contributed by atoms with Crippen molar-refractivity contribution in [2.24, 2.45) is 5.92 Å². The van der Waals surface area contributed by atoms with Crippen LogP contribution in [0.15, 0.2) is 36.4 Å². The number of aromatic nitrogens is 4. The third kappa shape index (κ3) is 4.53. The van der Waals surface area contributed by atoms with Crippen LogP contribution in [0.4, 0.5) is 19.0 Å². The Morgan fingerprint density at radius 1 is 1.12 bits per heavy atom. The van der Waals surface area contributed by atoms with Crippen LogP contribution in [-0.4, -0.2) is 38.8 Å². The van der Waals surface area contributed by atoms with Gasteiger partial charge in [0.1, 0.15) is 5.82 Å². The Hall–Kier alpha value is -3.17. The number of piperidine rings is 1. The fourth-order valence-electron chi connectivity index (χ4n) is 4.00. The first-order valence-corrected chi connectivity index (χ1v) is 10.7. The van der Waals surface area contributed by atoms with Crippen LogP contribution in [0.2, 0.25) is 0 Å². The Labute approximate surface area is 183 Å². The number of hydrogen-bond acceptors (Lipinski definition) is 5. The molecule has 0 spiro atoms. The zero-order chi connectivity index (χ0) is 22.9. The molecule has 4 rings (SSSR count). The molecule has 170 valence electrons. The second-order valence-electron chi connectivity index (χ2n) is 8.12. The van der Waals surface area contributed by atoms with E-state index < -0.39 is 12.0 Å². The molecule has 1 N–H and O–H groups in total. The fraction of sp³-hybridized carbons (Fsp3) is 0.455. The lowest BCUT2D eigenvalue weighted by Gasteiger charge is -2.32. The number of carbonyl (C=O) groups excluding carboxylic acids is 1. The van der Waals surface area contributed by atoms with Gasteiger partial charge in [0.15, 0.2) is 5.65 Å². The van der Waals surface area contributed by atoms with Crippen LogP contribution < -0.4 is 10.2 Å². The largest absolute Gasteiger partial charge is 0.453 e. The number of rotatable bonds is 5. The van der Waals surface area contributed by atoms with Crippen LogP contribution in [0, 0.1) is 12.8 Å². The first-order chi connectivity index (χ1) is 15.3. The normalized spacial score (nSPS) is 16.3. The number of fused-ring (bicyclic) bond motifs is 1. The molecule has 32 heavy (non-hydrogen) atoms. The lowest BCUT2D eigenvalue weighted by Crippen LogP contribution is -2.42. The maximum absolute atomic E-state index is 13.1. The molecule has 1 saturated heterocycles. The van der Waals surface area contributed by atoms with E-state index in [1.54, 1.807) is 6.07 Å². The predicted molar refractivity (Wildman–Crippen MR) is 113 cm³/mol. The van der Waals surface area contributed by atoms with Crippen molar-refractivity contribution < 1.29 is 18.0 Å². The SMILES string of the molecule is CC[C@@H](NC(=O)C1CCN(c2ccc3nnc(C(F)(F)F)n3n2)CC1)c1ccc(C)cc1. The number of nitrogens with zero attached hydrogens (tertiary/aromatic N) is 5. The van der Waals surface area contributed by atoms with Gasteiger partial charge in [-0.25, -0.2) is 0 Å². The molecule has 0 saturated carbocycles. The molecule has 1 aliphatic rings. The maximum atomic E-state index is 13.1. The van der Waals surface area contributed by atoms with Crippen LogP contribution >= 0.6 is 0 Å². The Morgan fingerprint density at radius 3 is 2.44 bits per heavy atom. The molecule has 1 aliphatic heterocycles. The van der Waals surface area contributed by atoms with Crippen molar-refractivity contribution >= 4 is 17.4 Å². The molecule has 2 aromatic heterocycles. The summed E-state index contributed by atoms with van der Waals surface area (Å²) < 4.78 is 40.1. The van der Waals surface area contributed by atoms with Crippen molar-refractivity contribution in [2.75, 3.05) is 18.0 Å². The van der Waals surface area contributed by atoms with Gasteiger partial charge in [-0.15, -0.1) is 15.3 Å². The summed E-state index contributed by atoms with van der Waals surface area (Å²) in [6, 6.07) is 11.2. The molecule has 0 unspecified atom stereocenters. The van der Waals surface area contributed by atoms with Gasteiger partial charge in [-0.3, -0.25) is 4.79 Å². The number of amides is 1. The monoisotopic (exact) mass is 446 g/mol. The van der Waals surface area contributed by atoms with E-state index in [0.717, 1.165) is 16.5 Å². The molecule has 1 fully saturated rings. The highest BCUT2D eigenvalue weighted by molar-refractivity contribution is 5.79. The van der Waals surface area contributed by atoms with Gasteiger partial charge < -0.3 is 10.2 Å². The van der Waals surface area contributed by atoms with Crippen LogP contribution in [0.5, 0.6) is 0 Å². The van der Waals surface area contributed by atoms with Crippen LogP contribution in [0.25, 0.3) is 5.65 Å². The summed E-state index contributed by atoms with van der Waals surface area (Å²) in [7, 11) is 0. The van der Waals surface area contributed by atoms with Crippen molar-refractivity contribution in [1.29, 1.82) is 0 Å². The standard InChI is InChI=1S/C22H25F3N6O/c1-3-17(15-6-4-14(2)5-7-15)26-20(32)16-10-12-30(13-11-16)19-9-8-18-27-28-21(22(23,24)25)31(18)29-19/h4-9,16-17H,3,10-13H2,1-2H3,(H,26,32)/t17-/m1/s1. The smallest absolute Gasteiger partial charge is 0.355 e. The molecule has 1 aromatic carbocycles. The fourth-order valence-corrected chi connectivity index (χ4v) is 4.00. The van der Waals surface area contributed by atoms with Crippen molar-refractivity contribution in [3.8, 4) is 0 Å². The van der Waals surface area contributed by atoms with Gasteiger partial charge in [-0.05, 0) is 43.9 Å². The number of halogens is 3. The van der Waals surface area contributed by atoms with Crippen LogP contribution in [0.3, 0.4) is 0 Å². The Balaban J connectivity index is 1.40. The van der Waals surface area contributed by atoms with E-state index in [0.29, 0.717) is 31.7 Å². The molecular formula is C22H25F3N6O. The zero-order valence-electron chi connectivity index (χ0n) is 17.9. The van der Waals surface area contributed by atoms with Gasteiger partial charge in [-0.1, -0.05) is 36.8 Å². The molecule has 3 aromatic rings. The van der Waals surface area contributed by atoms with E-state index in [2.05, 4.69) is 20.6 Å². The predicted octanol–water partition coefficient (Wildman–Crippen LogP) is 3.94. The third-order valence-corrected chi connectivity index (χ3v) is 5.90. The average molecular weight is 446 g/mol. The van der Waals surface area contributed by atoms with Crippen LogP contribution in [0.1, 0.15) is 49.2 Å². The number of alkyl halides is 3. The highest BCUT2D eigenvalue weighted by atomic mass is 19.4. The lowest BCUT2D eigenvalue weighted by atomic mass is 9.94. The maximum Gasteiger partial charge on any atom is 0.453 e. The number of hydrogen-bond donors (Lipinski definition) is 1. The average Bonchev–Trinajstić information content (AvgIpc) is 3.22. The minimum Gasteiger partial charge on any atom is -0.355 e. The first kappa shape index (κ1) is 22.0. The van der Waals surface area contributed by atoms with Gasteiger partial charge in [0.25, 0.3) is 5.82 Å². The molecule has 0 aliphatic carbocycles. The minimum absolute atomic E-state index is 0.0126. The van der Waals surface area contributed by atoms with E-state index in [1.807, 2.05) is 43.0 Å². The topological polar surface area (TPSA) is 75.4 Å². The number of benzene rings is 1. The minimum atomic E-state index is -4.64. The molecule has 10 heteroatoms. The quantitative estimate of drug-likeness (QED) is 0.643. The molecule has 1 amide bonds.